The van der Waals surface area contributed by atoms with Crippen LogP contribution in [0.1, 0.15) is 115 Å². The minimum Gasteiger partial charge on any atom is -0.508 e. The highest BCUT2D eigenvalue weighted by atomic mass is 16.8. The van der Waals surface area contributed by atoms with Gasteiger partial charge in [0.2, 0.25) is 24.1 Å². The molecule has 0 radical (unpaired) electrons. The molecule has 5 heterocycles. The van der Waals surface area contributed by atoms with E-state index in [9.17, 15) is 65.1 Å². The van der Waals surface area contributed by atoms with Gasteiger partial charge in [0.05, 0.1) is 49.2 Å². The first-order valence-corrected chi connectivity index (χ1v) is 27.3. The van der Waals surface area contributed by atoms with E-state index in [0.29, 0.717) is 40.2 Å². The third-order valence-electron chi connectivity index (χ3n) is 14.7. The van der Waals surface area contributed by atoms with E-state index in [-0.39, 0.29) is 65.8 Å². The number of Topliss-reactive ketones (excluding diaryl/α,β-unsaturated/α-hetero) is 2. The van der Waals surface area contributed by atoms with Crippen LogP contribution < -0.4 is 14.9 Å². The number of carbonyl (C=O) groups excluding carboxylic acids is 3. The van der Waals surface area contributed by atoms with Crippen molar-refractivity contribution >= 4 is 28.5 Å². The Balaban J connectivity index is 0.000000249. The molecule has 4 aliphatic heterocycles. The minimum absolute atomic E-state index is 0. The number of aliphatic hydroxyl groups excluding tert-OH is 7. The lowest BCUT2D eigenvalue weighted by atomic mass is 9.84. The second kappa shape index (κ2) is 31.4. The molecule has 0 saturated carbocycles. The molecular weight excluding hydrogens is 1080 g/mol. The summed E-state index contributed by atoms with van der Waals surface area (Å²) in [6.45, 7) is 20.2. The van der Waals surface area contributed by atoms with Crippen LogP contribution in [0, 0.1) is 38.5 Å². The fourth-order valence-electron chi connectivity index (χ4n) is 9.12. The van der Waals surface area contributed by atoms with Crippen LogP contribution in [0.5, 0.6) is 23.0 Å². The molecule has 0 aliphatic carbocycles. The molecule has 2 fully saturated rings. The third kappa shape index (κ3) is 17.1. The molecule has 21 nitrogen and oxygen atoms in total. The van der Waals surface area contributed by atoms with Crippen LogP contribution in [0.3, 0.4) is 0 Å². The molecule has 83 heavy (non-hydrogen) atoms. The summed E-state index contributed by atoms with van der Waals surface area (Å²) in [5.74, 6) is -0.384. The number of rotatable bonds is 14. The van der Waals surface area contributed by atoms with Gasteiger partial charge in [0.15, 0.2) is 34.8 Å². The number of carbonyl (C=O) groups is 3. The third-order valence-corrected chi connectivity index (χ3v) is 14.7. The Labute approximate surface area is 484 Å². The highest BCUT2D eigenvalue weighted by molar-refractivity contribution is 6.13. The number of hydrogen-bond acceptors (Lipinski definition) is 21. The summed E-state index contributed by atoms with van der Waals surface area (Å²) in [6.07, 6.45) is -6.13. The van der Waals surface area contributed by atoms with Crippen LogP contribution in [0.2, 0.25) is 0 Å². The molecule has 14 atom stereocenters. The second-order valence-corrected chi connectivity index (χ2v) is 20.8. The molecule has 2 saturated heterocycles. The summed E-state index contributed by atoms with van der Waals surface area (Å²) in [5, 5.41) is 89.3. The van der Waals surface area contributed by atoms with Crippen molar-refractivity contribution in [1.82, 2.24) is 0 Å². The molecule has 8 rings (SSSR count). The van der Waals surface area contributed by atoms with Crippen LogP contribution in [0.4, 0.5) is 0 Å². The normalized spacial score (nSPS) is 27.1. The number of fused-ring (bicyclic) bond motifs is 2. The number of phenolic OH excluding ortho intramolecular Hbond substituents is 2. The first-order valence-electron chi connectivity index (χ1n) is 27.3. The Bertz CT molecular complexity index is 2980. The van der Waals surface area contributed by atoms with Crippen molar-refractivity contribution in [2.24, 2.45) is 17.8 Å². The zero-order chi connectivity index (χ0) is 60.9. The average Bonchev–Trinajstić information content (AvgIpc) is 3.90. The van der Waals surface area contributed by atoms with Crippen molar-refractivity contribution in [1.29, 1.82) is 0 Å². The summed E-state index contributed by atoms with van der Waals surface area (Å²) in [4.78, 5) is 47.8. The molecule has 458 valence electrons. The quantitative estimate of drug-likeness (QED) is 0.0365. The Kier molecular flexibility index (Phi) is 26.1. The van der Waals surface area contributed by atoms with Gasteiger partial charge in [-0.1, -0.05) is 65.8 Å². The van der Waals surface area contributed by atoms with Crippen LogP contribution >= 0.6 is 0 Å². The lowest BCUT2D eigenvalue weighted by Gasteiger charge is -2.42. The maximum absolute atomic E-state index is 12.2. The molecule has 0 amide bonds. The zero-order valence-electron chi connectivity index (χ0n) is 48.2. The number of ketones is 2. The molecule has 4 aliphatic rings. The number of phenols is 2. The summed E-state index contributed by atoms with van der Waals surface area (Å²) in [5.41, 5.74) is 5.56. The smallest absolute Gasteiger partial charge is 0.306 e. The predicted molar refractivity (Wildman–Crippen MR) is 305 cm³/mol. The summed E-state index contributed by atoms with van der Waals surface area (Å²) in [6, 6.07) is 14.4. The number of aryl methyl sites for hydroxylation is 3. The number of benzene rings is 3. The Hall–Kier alpha value is -6.50. The van der Waals surface area contributed by atoms with Gasteiger partial charge in [0.25, 0.3) is 0 Å². The zero-order valence-corrected chi connectivity index (χ0v) is 48.2. The standard InChI is InChI=1S/C20H30O10.C16H18O8.C14H22O.C11H10O2.CH4/c1-4-6-27-15(23)7-12-11(5-2)19(28-9-13(12)10(3)22)30-20-18(26)17(25)16(24)14(8-21)29-20;1-3-8-11(18)7-4-5-9(12(19)15(7)23-8)24-16-14(21)13(20)10(17)6(2)22-16;1-5-10(2)12(4)8-13-7-6-11(3)14(15)9-13;1-7-3-4-9-10(5-7)13-6-8(2)11(9)12;/h5,9,12,14,16-21,24-26H,4,6-8H2,1-3H3;3-6,10,13-14,16-17,19-21H,1-2H3;6-7,9-10,12,15H,5,8H2,1-4H3;3-6H,1-2H3;1H4/b11-5+;8-3-;;;/t12-,14?,16?,17?,18?,19-,20?;;;;/m0..../s1. The van der Waals surface area contributed by atoms with Crippen molar-refractivity contribution in [2.45, 2.75) is 177 Å². The Morgan fingerprint density at radius 3 is 2.08 bits per heavy atom. The molecule has 9 N–H and O–H groups in total. The van der Waals surface area contributed by atoms with Gasteiger partial charge in [-0.2, -0.15) is 0 Å². The largest absolute Gasteiger partial charge is 0.508 e. The molecular formula is C62H84O21. The van der Waals surface area contributed by atoms with E-state index in [1.807, 2.05) is 51.1 Å². The van der Waals surface area contributed by atoms with Crippen LogP contribution in [-0.4, -0.2) is 144 Å². The number of hydrogen-bond donors (Lipinski definition) is 9. The van der Waals surface area contributed by atoms with E-state index in [0.717, 1.165) is 23.5 Å². The number of esters is 1. The minimum atomic E-state index is -1.62. The van der Waals surface area contributed by atoms with Gasteiger partial charge in [-0.3, -0.25) is 19.2 Å². The number of aromatic hydroxyl groups is 2. The average molecular weight is 1170 g/mol. The van der Waals surface area contributed by atoms with Crippen molar-refractivity contribution < 1.29 is 97.9 Å². The number of aliphatic hydroxyl groups is 7. The monoisotopic (exact) mass is 1160 g/mol. The molecule has 12 unspecified atom stereocenters. The first kappa shape index (κ1) is 69.0. The van der Waals surface area contributed by atoms with E-state index in [4.69, 9.17) is 37.6 Å². The fourth-order valence-corrected chi connectivity index (χ4v) is 9.12. The second-order valence-electron chi connectivity index (χ2n) is 20.8. The highest BCUT2D eigenvalue weighted by Crippen LogP contribution is 2.45. The topological polar surface area (TPSA) is 328 Å². The number of allylic oxidation sites excluding steroid dienone is 4. The van der Waals surface area contributed by atoms with Crippen molar-refractivity contribution in [3.05, 3.63) is 128 Å². The summed E-state index contributed by atoms with van der Waals surface area (Å²) < 4.78 is 43.0. The van der Waals surface area contributed by atoms with Gasteiger partial charge in [-0.25, -0.2) is 0 Å². The number of ether oxygens (including phenoxy) is 7. The van der Waals surface area contributed by atoms with Gasteiger partial charge in [-0.15, -0.1) is 0 Å². The first-order chi connectivity index (χ1) is 38.8. The summed E-state index contributed by atoms with van der Waals surface area (Å²) >= 11 is 0. The maximum atomic E-state index is 12.2. The van der Waals surface area contributed by atoms with Gasteiger partial charge in [0.1, 0.15) is 54.1 Å². The SMILES string of the molecule is C.C/C=C1/[C@H](OC2OC(CO)C(O)C(O)C2O)OC=C(C(C)=O)[C@H]1CC(=O)OCCC.C/C=C1\Oc2c(ccc(OC3OC(C)C(O)C(O)C3O)c2O)C1=O.CCC(C)C(C)Cc1ccc(C)c(O)c1.Cc1ccc2c(=O)c(C)coc2c1. The van der Waals surface area contributed by atoms with Gasteiger partial charge >= 0.3 is 5.97 Å². The van der Waals surface area contributed by atoms with E-state index >= 15 is 0 Å². The molecule has 21 heteroatoms. The van der Waals surface area contributed by atoms with Gasteiger partial charge in [-0.05, 0) is 126 Å². The predicted octanol–water partition coefficient (Wildman–Crippen LogP) is 6.59. The van der Waals surface area contributed by atoms with Crippen molar-refractivity contribution in [3.8, 4) is 23.0 Å². The molecule has 0 bridgehead atoms. The van der Waals surface area contributed by atoms with Crippen LogP contribution in [0.15, 0.2) is 99.3 Å². The van der Waals surface area contributed by atoms with E-state index in [1.54, 1.807) is 26.8 Å². The fraction of sp³-hybridized carbons (Fsp3) is 0.516. The Morgan fingerprint density at radius 2 is 1.47 bits per heavy atom. The van der Waals surface area contributed by atoms with E-state index in [1.165, 1.54) is 56.6 Å². The molecule has 0 spiro atoms. The van der Waals surface area contributed by atoms with Gasteiger partial charge in [0, 0.05) is 22.6 Å². The summed E-state index contributed by atoms with van der Waals surface area (Å²) in [7, 11) is 0. The lowest BCUT2D eigenvalue weighted by molar-refractivity contribution is -0.327. The Morgan fingerprint density at radius 1 is 0.795 bits per heavy atom. The van der Waals surface area contributed by atoms with E-state index in [2.05, 4.69) is 26.8 Å². The van der Waals surface area contributed by atoms with Gasteiger partial charge < -0.3 is 83.5 Å². The molecule has 3 aromatic carbocycles. The lowest BCUT2D eigenvalue weighted by Crippen LogP contribution is -2.60. The maximum Gasteiger partial charge on any atom is 0.306 e. The van der Waals surface area contributed by atoms with Crippen molar-refractivity contribution in [2.75, 3.05) is 13.2 Å². The van der Waals surface area contributed by atoms with Crippen LogP contribution in [0.25, 0.3) is 11.0 Å². The van der Waals surface area contributed by atoms with Crippen LogP contribution in [-0.2, 0) is 39.7 Å². The molecule has 4 aromatic rings. The highest BCUT2D eigenvalue weighted by Gasteiger charge is 2.47. The molecule has 1 aromatic heterocycles. The van der Waals surface area contributed by atoms with Crippen molar-refractivity contribution in [3.63, 3.8) is 0 Å². The van der Waals surface area contributed by atoms with E-state index < -0.39 is 91.9 Å².